The number of carboxylic acid groups (broad SMARTS) is 1. The summed E-state index contributed by atoms with van der Waals surface area (Å²) >= 11 is 1.61. The molecule has 1 saturated carbocycles. The van der Waals surface area contributed by atoms with Crippen molar-refractivity contribution in [3.05, 3.63) is 64.0 Å². The Kier molecular flexibility index (Phi) is 7.99. The van der Waals surface area contributed by atoms with Gasteiger partial charge in [-0.25, -0.2) is 4.98 Å². The quantitative estimate of drug-likeness (QED) is 0.403. The van der Waals surface area contributed by atoms with Gasteiger partial charge in [-0.2, -0.15) is 0 Å². The number of ether oxygens (including phenoxy) is 2. The maximum atomic E-state index is 13.0. The van der Waals surface area contributed by atoms with Crippen molar-refractivity contribution in [1.29, 1.82) is 0 Å². The van der Waals surface area contributed by atoms with Crippen molar-refractivity contribution in [2.45, 2.75) is 39.7 Å². The van der Waals surface area contributed by atoms with Gasteiger partial charge in [0.1, 0.15) is 12.4 Å². The van der Waals surface area contributed by atoms with Crippen molar-refractivity contribution in [2.75, 3.05) is 44.3 Å². The topological polar surface area (TPSA) is 92.2 Å². The molecule has 6 rings (SSSR count). The summed E-state index contributed by atoms with van der Waals surface area (Å²) in [5, 5.41) is 12.7. The number of aryl methyl sites for hydroxylation is 2. The average Bonchev–Trinajstić information content (AvgIpc) is 3.44. The van der Waals surface area contributed by atoms with E-state index in [4.69, 9.17) is 14.5 Å². The number of carbonyl (C=O) groups excluding carboxylic acids is 1. The normalized spacial score (nSPS) is 22.4. The zero-order valence-electron chi connectivity index (χ0n) is 23.7. The van der Waals surface area contributed by atoms with Crippen LogP contribution in [-0.2, 0) is 16.1 Å². The van der Waals surface area contributed by atoms with Gasteiger partial charge in [0.2, 0.25) is 0 Å². The summed E-state index contributed by atoms with van der Waals surface area (Å²) in [5.74, 6) is 0.330. The molecule has 2 aliphatic heterocycles. The number of aromatic nitrogens is 1. The van der Waals surface area contributed by atoms with Crippen LogP contribution in [0.4, 0.5) is 5.13 Å². The highest BCUT2D eigenvalue weighted by molar-refractivity contribution is 7.14. The number of piperidine rings is 1. The maximum Gasteiger partial charge on any atom is 0.307 e. The molecule has 216 valence electrons. The molecular weight excluding hydrogens is 538 g/mol. The van der Waals surface area contributed by atoms with E-state index in [1.807, 2.05) is 42.2 Å². The van der Waals surface area contributed by atoms with Gasteiger partial charge in [-0.05, 0) is 80.3 Å². The van der Waals surface area contributed by atoms with Gasteiger partial charge in [0.15, 0.2) is 5.13 Å². The molecule has 8 nitrogen and oxygen atoms in total. The molecule has 3 heterocycles. The molecule has 2 unspecified atom stereocenters. The first-order chi connectivity index (χ1) is 19.9. The molecule has 1 amide bonds. The molecule has 0 radical (unpaired) electrons. The van der Waals surface area contributed by atoms with E-state index in [1.54, 1.807) is 11.3 Å². The largest absolute Gasteiger partial charge is 0.488 e. The zero-order chi connectivity index (χ0) is 28.5. The summed E-state index contributed by atoms with van der Waals surface area (Å²) in [6.45, 7) is 8.60. The molecule has 2 bridgehead atoms. The van der Waals surface area contributed by atoms with E-state index >= 15 is 0 Å². The molecule has 2 saturated heterocycles. The number of benzene rings is 2. The second kappa shape index (κ2) is 11.8. The van der Waals surface area contributed by atoms with E-state index < -0.39 is 5.97 Å². The summed E-state index contributed by atoms with van der Waals surface area (Å²) < 4.78 is 11.9. The lowest BCUT2D eigenvalue weighted by Gasteiger charge is -2.35. The molecule has 1 N–H and O–H groups in total. The van der Waals surface area contributed by atoms with Crippen molar-refractivity contribution < 1.29 is 24.2 Å². The van der Waals surface area contributed by atoms with Crippen LogP contribution in [0.15, 0.2) is 41.8 Å². The van der Waals surface area contributed by atoms with Gasteiger partial charge in [-0.1, -0.05) is 17.7 Å². The SMILES string of the molecule is Cc1ccc(OCc2ccc(C(=O)N3CCCOCC3)cc2C)c(-c2csc(N3CC4CCC(C3)C4C(=O)O)n2)c1. The first kappa shape index (κ1) is 27.7. The van der Waals surface area contributed by atoms with Crippen LogP contribution in [0, 0.1) is 31.6 Å². The molecule has 41 heavy (non-hydrogen) atoms. The van der Waals surface area contributed by atoms with Crippen molar-refractivity contribution in [3.8, 4) is 17.0 Å². The van der Waals surface area contributed by atoms with Gasteiger partial charge >= 0.3 is 5.97 Å². The molecular formula is C32H37N3O5S. The van der Waals surface area contributed by atoms with Crippen molar-refractivity contribution in [2.24, 2.45) is 17.8 Å². The minimum atomic E-state index is -0.650. The Morgan fingerprint density at radius 2 is 1.88 bits per heavy atom. The second-order valence-electron chi connectivity index (χ2n) is 11.6. The lowest BCUT2D eigenvalue weighted by molar-refractivity contribution is -0.144. The predicted octanol–water partition coefficient (Wildman–Crippen LogP) is 5.42. The van der Waals surface area contributed by atoms with Crippen LogP contribution < -0.4 is 9.64 Å². The van der Waals surface area contributed by atoms with E-state index in [0.29, 0.717) is 31.9 Å². The molecule has 3 fully saturated rings. The summed E-state index contributed by atoms with van der Waals surface area (Å²) in [7, 11) is 0. The van der Waals surface area contributed by atoms with Gasteiger partial charge in [0, 0.05) is 49.3 Å². The van der Waals surface area contributed by atoms with Crippen LogP contribution in [0.5, 0.6) is 5.75 Å². The summed E-state index contributed by atoms with van der Waals surface area (Å²) in [6, 6.07) is 12.0. The number of carboxylic acids is 1. The van der Waals surface area contributed by atoms with Crippen molar-refractivity contribution in [1.82, 2.24) is 9.88 Å². The number of amides is 1. The Balaban J connectivity index is 1.15. The van der Waals surface area contributed by atoms with Crippen molar-refractivity contribution in [3.63, 3.8) is 0 Å². The first-order valence-electron chi connectivity index (χ1n) is 14.5. The number of anilines is 1. The van der Waals surface area contributed by atoms with E-state index in [9.17, 15) is 14.7 Å². The lowest BCUT2D eigenvalue weighted by Crippen LogP contribution is -2.44. The van der Waals surface area contributed by atoms with Gasteiger partial charge in [0.05, 0.1) is 18.2 Å². The third-order valence-electron chi connectivity index (χ3n) is 8.77. The lowest BCUT2D eigenvalue weighted by atomic mass is 9.85. The molecule has 1 aromatic heterocycles. The standard InChI is InChI=1S/C32H37N3O5S/c1-20-4-9-28(40-18-25-8-5-22(15-21(25)2)30(36)34-10-3-12-39-13-11-34)26(14-20)27-19-41-32(33-27)35-16-23-6-7-24(17-35)29(23)31(37)38/h4-5,8-9,14-15,19,23-24,29H,3,6-7,10-13,16-18H2,1-2H3,(H,37,38). The number of carbonyl (C=O) groups is 2. The number of rotatable bonds is 7. The molecule has 9 heteroatoms. The molecule has 1 aliphatic carbocycles. The van der Waals surface area contributed by atoms with Crippen LogP contribution in [0.25, 0.3) is 11.3 Å². The average molecular weight is 576 g/mol. The fourth-order valence-corrected chi connectivity index (χ4v) is 7.41. The maximum absolute atomic E-state index is 13.0. The van der Waals surface area contributed by atoms with Crippen LogP contribution in [-0.4, -0.2) is 66.3 Å². The number of thiazole rings is 1. The van der Waals surface area contributed by atoms with E-state index in [2.05, 4.69) is 23.3 Å². The van der Waals surface area contributed by atoms with E-state index in [-0.39, 0.29) is 23.7 Å². The molecule has 0 spiro atoms. The number of hydrogen-bond donors (Lipinski definition) is 1. The molecule has 3 aromatic rings. The molecule has 2 atom stereocenters. The van der Waals surface area contributed by atoms with E-state index in [1.165, 1.54) is 0 Å². The summed E-state index contributed by atoms with van der Waals surface area (Å²) in [6.07, 6.45) is 2.82. The van der Waals surface area contributed by atoms with E-state index in [0.717, 1.165) is 77.7 Å². The Morgan fingerprint density at radius 1 is 1.07 bits per heavy atom. The fraction of sp³-hybridized carbons (Fsp3) is 0.469. The number of hydrogen-bond acceptors (Lipinski definition) is 7. The van der Waals surface area contributed by atoms with Crippen LogP contribution in [0.3, 0.4) is 0 Å². The Morgan fingerprint density at radius 3 is 2.63 bits per heavy atom. The number of aliphatic carboxylic acids is 1. The predicted molar refractivity (Wildman–Crippen MR) is 159 cm³/mol. The Labute approximate surface area is 244 Å². The van der Waals surface area contributed by atoms with Gasteiger partial charge in [0.25, 0.3) is 5.91 Å². The molecule has 3 aliphatic rings. The smallest absolute Gasteiger partial charge is 0.307 e. The summed E-state index contributed by atoms with van der Waals surface area (Å²) in [4.78, 5) is 33.9. The van der Waals surface area contributed by atoms with Crippen LogP contribution in [0.1, 0.15) is 46.3 Å². The number of fused-ring (bicyclic) bond motifs is 2. The minimum absolute atomic E-state index is 0.0476. The van der Waals surface area contributed by atoms with Gasteiger partial charge in [-0.3, -0.25) is 9.59 Å². The first-order valence-corrected chi connectivity index (χ1v) is 15.4. The van der Waals surface area contributed by atoms with Crippen LogP contribution >= 0.6 is 11.3 Å². The Hall–Kier alpha value is -3.43. The minimum Gasteiger partial charge on any atom is -0.488 e. The monoisotopic (exact) mass is 575 g/mol. The van der Waals surface area contributed by atoms with Gasteiger partial charge < -0.3 is 24.4 Å². The second-order valence-corrected chi connectivity index (χ2v) is 12.4. The highest BCUT2D eigenvalue weighted by Gasteiger charge is 2.46. The van der Waals surface area contributed by atoms with Crippen molar-refractivity contribution >= 4 is 28.3 Å². The third-order valence-corrected chi connectivity index (χ3v) is 9.68. The zero-order valence-corrected chi connectivity index (χ0v) is 24.5. The fourth-order valence-electron chi connectivity index (χ4n) is 6.56. The Bertz CT molecular complexity index is 1420. The summed E-state index contributed by atoms with van der Waals surface area (Å²) in [5.41, 5.74) is 5.69. The highest BCUT2D eigenvalue weighted by atomic mass is 32.1. The highest BCUT2D eigenvalue weighted by Crippen LogP contribution is 2.44. The van der Waals surface area contributed by atoms with Crippen LogP contribution in [0.2, 0.25) is 0 Å². The number of nitrogens with zero attached hydrogens (tertiary/aromatic N) is 3. The molecule has 2 aromatic carbocycles. The van der Waals surface area contributed by atoms with Gasteiger partial charge in [-0.15, -0.1) is 11.3 Å². The third kappa shape index (κ3) is 5.83.